The molecule has 0 aliphatic rings. The average Bonchev–Trinajstić information content (AvgIpc) is 2.68. The van der Waals surface area contributed by atoms with Gasteiger partial charge in [0.2, 0.25) is 5.88 Å². The van der Waals surface area contributed by atoms with Gasteiger partial charge >= 0.3 is 0 Å². The second-order valence-electron chi connectivity index (χ2n) is 3.75. The van der Waals surface area contributed by atoms with Crippen molar-refractivity contribution < 1.29 is 9.32 Å². The molecule has 0 saturated heterocycles. The molecule has 17 heavy (non-hydrogen) atoms. The summed E-state index contributed by atoms with van der Waals surface area (Å²) >= 11 is 3.39. The maximum absolute atomic E-state index is 11.9. The van der Waals surface area contributed by atoms with Crippen molar-refractivity contribution >= 4 is 27.7 Å². The molecule has 1 aromatic carbocycles. The standard InChI is InChI=1S/C12H11BrN2O2/c1-7-5-9(3-4-10(7)13)12(16)14-11-6-8(2)15-17-11/h3-6H,1-2H3,(H,14,16). The van der Waals surface area contributed by atoms with E-state index in [1.54, 1.807) is 19.1 Å². The van der Waals surface area contributed by atoms with Crippen LogP contribution in [0.15, 0.2) is 33.3 Å². The van der Waals surface area contributed by atoms with Crippen LogP contribution in [0.5, 0.6) is 0 Å². The van der Waals surface area contributed by atoms with Crippen LogP contribution >= 0.6 is 15.9 Å². The third-order valence-corrected chi connectivity index (χ3v) is 3.17. The summed E-state index contributed by atoms with van der Waals surface area (Å²) in [7, 11) is 0. The molecule has 0 bridgehead atoms. The molecule has 88 valence electrons. The Morgan fingerprint density at radius 3 is 2.71 bits per heavy atom. The summed E-state index contributed by atoms with van der Waals surface area (Å²) in [6, 6.07) is 7.07. The predicted octanol–water partition coefficient (Wildman–Crippen LogP) is 3.31. The highest BCUT2D eigenvalue weighted by Gasteiger charge is 2.09. The minimum atomic E-state index is -0.211. The lowest BCUT2D eigenvalue weighted by Crippen LogP contribution is -2.11. The van der Waals surface area contributed by atoms with Crippen molar-refractivity contribution in [2.75, 3.05) is 5.32 Å². The molecule has 0 spiro atoms. The van der Waals surface area contributed by atoms with Crippen molar-refractivity contribution in [1.82, 2.24) is 5.16 Å². The number of hydrogen-bond donors (Lipinski definition) is 1. The fourth-order valence-corrected chi connectivity index (χ4v) is 1.64. The Kier molecular flexibility index (Phi) is 3.28. The van der Waals surface area contributed by atoms with E-state index in [1.165, 1.54) is 0 Å². The third-order valence-electron chi connectivity index (χ3n) is 2.28. The summed E-state index contributed by atoms with van der Waals surface area (Å²) in [5, 5.41) is 6.34. The largest absolute Gasteiger partial charge is 0.338 e. The molecule has 0 unspecified atom stereocenters. The van der Waals surface area contributed by atoms with Crippen LogP contribution in [0, 0.1) is 13.8 Å². The summed E-state index contributed by atoms with van der Waals surface area (Å²) in [5.74, 6) is 0.143. The van der Waals surface area contributed by atoms with Crippen molar-refractivity contribution in [3.8, 4) is 0 Å². The van der Waals surface area contributed by atoms with Crippen molar-refractivity contribution in [2.24, 2.45) is 0 Å². The number of aromatic nitrogens is 1. The van der Waals surface area contributed by atoms with Crippen LogP contribution in [0.2, 0.25) is 0 Å². The van der Waals surface area contributed by atoms with Crippen LogP contribution in [0.4, 0.5) is 5.88 Å². The van der Waals surface area contributed by atoms with Gasteiger partial charge in [-0.25, -0.2) is 0 Å². The van der Waals surface area contributed by atoms with Gasteiger partial charge in [0.15, 0.2) is 0 Å². The predicted molar refractivity (Wildman–Crippen MR) is 68.1 cm³/mol. The lowest BCUT2D eigenvalue weighted by molar-refractivity contribution is 0.102. The Hall–Kier alpha value is -1.62. The lowest BCUT2D eigenvalue weighted by atomic mass is 10.1. The number of carbonyl (C=O) groups excluding carboxylic acids is 1. The molecule has 0 atom stereocenters. The highest BCUT2D eigenvalue weighted by molar-refractivity contribution is 9.10. The molecule has 2 rings (SSSR count). The molecule has 0 fully saturated rings. The molecule has 0 radical (unpaired) electrons. The number of aryl methyl sites for hydroxylation is 2. The van der Waals surface area contributed by atoms with Gasteiger partial charge in [0.1, 0.15) is 0 Å². The first-order valence-corrected chi connectivity index (χ1v) is 5.86. The van der Waals surface area contributed by atoms with Crippen molar-refractivity contribution in [2.45, 2.75) is 13.8 Å². The topological polar surface area (TPSA) is 55.1 Å². The molecule has 1 amide bonds. The number of amides is 1. The first-order chi connectivity index (χ1) is 8.06. The minimum absolute atomic E-state index is 0.211. The second kappa shape index (κ2) is 4.71. The average molecular weight is 295 g/mol. The second-order valence-corrected chi connectivity index (χ2v) is 4.60. The fraction of sp³-hybridized carbons (Fsp3) is 0.167. The molecular formula is C12H11BrN2O2. The number of nitrogens with zero attached hydrogens (tertiary/aromatic N) is 1. The number of rotatable bonds is 2. The Morgan fingerprint density at radius 2 is 2.12 bits per heavy atom. The maximum Gasteiger partial charge on any atom is 0.258 e. The van der Waals surface area contributed by atoms with Gasteiger partial charge in [-0.1, -0.05) is 21.1 Å². The molecular weight excluding hydrogens is 284 g/mol. The van der Waals surface area contributed by atoms with E-state index in [0.717, 1.165) is 15.7 Å². The van der Waals surface area contributed by atoms with Gasteiger partial charge in [0.25, 0.3) is 5.91 Å². The number of halogens is 1. The van der Waals surface area contributed by atoms with E-state index in [9.17, 15) is 4.79 Å². The highest BCUT2D eigenvalue weighted by Crippen LogP contribution is 2.18. The zero-order valence-electron chi connectivity index (χ0n) is 9.45. The monoisotopic (exact) mass is 294 g/mol. The first-order valence-electron chi connectivity index (χ1n) is 5.07. The fourth-order valence-electron chi connectivity index (χ4n) is 1.39. The van der Waals surface area contributed by atoms with Crippen LogP contribution in [0.1, 0.15) is 21.6 Å². The minimum Gasteiger partial charge on any atom is -0.338 e. The van der Waals surface area contributed by atoms with E-state index in [1.807, 2.05) is 19.1 Å². The van der Waals surface area contributed by atoms with Gasteiger partial charge < -0.3 is 4.52 Å². The first kappa shape index (κ1) is 11.9. The number of benzene rings is 1. The summed E-state index contributed by atoms with van der Waals surface area (Å²) in [6.07, 6.45) is 0. The van der Waals surface area contributed by atoms with Crippen LogP contribution in [-0.2, 0) is 0 Å². The van der Waals surface area contributed by atoms with Gasteiger partial charge in [-0.05, 0) is 37.6 Å². The van der Waals surface area contributed by atoms with E-state index in [4.69, 9.17) is 4.52 Å². The maximum atomic E-state index is 11.9. The lowest BCUT2D eigenvalue weighted by Gasteiger charge is -2.03. The Labute approximate surface area is 107 Å². The van der Waals surface area contributed by atoms with Gasteiger partial charge in [-0.3, -0.25) is 10.1 Å². The SMILES string of the molecule is Cc1cc(NC(=O)c2ccc(Br)c(C)c2)on1. The summed E-state index contributed by atoms with van der Waals surface area (Å²) < 4.78 is 5.90. The van der Waals surface area contributed by atoms with Gasteiger partial charge in [-0.2, -0.15) is 0 Å². The van der Waals surface area contributed by atoms with E-state index in [-0.39, 0.29) is 5.91 Å². The quantitative estimate of drug-likeness (QED) is 0.924. The Morgan fingerprint density at radius 1 is 1.35 bits per heavy atom. The Balaban J connectivity index is 2.17. The normalized spacial score (nSPS) is 10.3. The molecule has 5 heteroatoms. The molecule has 1 aromatic heterocycles. The molecule has 0 saturated carbocycles. The molecule has 0 aliphatic heterocycles. The van der Waals surface area contributed by atoms with E-state index in [2.05, 4.69) is 26.4 Å². The zero-order chi connectivity index (χ0) is 12.4. The summed E-state index contributed by atoms with van der Waals surface area (Å²) in [5.41, 5.74) is 2.32. The van der Waals surface area contributed by atoms with Crippen LogP contribution in [-0.4, -0.2) is 11.1 Å². The Bertz CT molecular complexity index is 563. The number of hydrogen-bond acceptors (Lipinski definition) is 3. The molecule has 2 aromatic rings. The highest BCUT2D eigenvalue weighted by atomic mass is 79.9. The third kappa shape index (κ3) is 2.74. The van der Waals surface area contributed by atoms with Crippen LogP contribution in [0.25, 0.3) is 0 Å². The number of nitrogens with one attached hydrogen (secondary N) is 1. The van der Waals surface area contributed by atoms with E-state index >= 15 is 0 Å². The van der Waals surface area contributed by atoms with Crippen LogP contribution in [0.3, 0.4) is 0 Å². The number of anilines is 1. The molecule has 4 nitrogen and oxygen atoms in total. The molecule has 1 N–H and O–H groups in total. The molecule has 1 heterocycles. The summed E-state index contributed by atoms with van der Waals surface area (Å²) in [4.78, 5) is 11.9. The van der Waals surface area contributed by atoms with Crippen molar-refractivity contribution in [1.29, 1.82) is 0 Å². The van der Waals surface area contributed by atoms with Gasteiger partial charge in [-0.15, -0.1) is 0 Å². The van der Waals surface area contributed by atoms with E-state index in [0.29, 0.717) is 11.4 Å². The van der Waals surface area contributed by atoms with Crippen LogP contribution < -0.4 is 5.32 Å². The smallest absolute Gasteiger partial charge is 0.258 e. The van der Waals surface area contributed by atoms with Crippen molar-refractivity contribution in [3.05, 3.63) is 45.6 Å². The van der Waals surface area contributed by atoms with E-state index < -0.39 is 0 Å². The zero-order valence-corrected chi connectivity index (χ0v) is 11.0. The van der Waals surface area contributed by atoms with Gasteiger partial charge in [0.05, 0.1) is 5.69 Å². The molecule has 0 aliphatic carbocycles. The number of carbonyl (C=O) groups is 1. The van der Waals surface area contributed by atoms with Gasteiger partial charge in [0, 0.05) is 16.1 Å². The summed E-state index contributed by atoms with van der Waals surface area (Å²) in [6.45, 7) is 3.72. The van der Waals surface area contributed by atoms with Crippen molar-refractivity contribution in [3.63, 3.8) is 0 Å².